The summed E-state index contributed by atoms with van der Waals surface area (Å²) >= 11 is 3.36. The summed E-state index contributed by atoms with van der Waals surface area (Å²) in [5, 5.41) is 5.57. The fourth-order valence-electron chi connectivity index (χ4n) is 3.43. The van der Waals surface area contributed by atoms with Crippen molar-refractivity contribution in [2.24, 2.45) is 0 Å². The van der Waals surface area contributed by atoms with Crippen molar-refractivity contribution in [1.29, 1.82) is 0 Å². The molecule has 1 fully saturated rings. The number of halogens is 1. The van der Waals surface area contributed by atoms with Crippen molar-refractivity contribution in [3.8, 4) is 0 Å². The van der Waals surface area contributed by atoms with Gasteiger partial charge in [-0.05, 0) is 37.1 Å². The van der Waals surface area contributed by atoms with Gasteiger partial charge in [-0.2, -0.15) is 9.97 Å². The molecule has 2 amide bonds. The number of benzene rings is 1. The Bertz CT molecular complexity index is 895. The lowest BCUT2D eigenvalue weighted by Gasteiger charge is -2.26. The number of rotatable bonds is 3. The monoisotopic (exact) mass is 430 g/mol. The van der Waals surface area contributed by atoms with Crippen molar-refractivity contribution in [3.63, 3.8) is 0 Å². The Morgan fingerprint density at radius 3 is 2.63 bits per heavy atom. The molecular formula is C18H19BrN6O2. The van der Waals surface area contributed by atoms with E-state index in [4.69, 9.17) is 5.73 Å². The van der Waals surface area contributed by atoms with E-state index < -0.39 is 5.92 Å². The first-order valence-corrected chi connectivity index (χ1v) is 9.59. The maximum Gasteiger partial charge on any atom is 0.232 e. The molecule has 2 aliphatic rings. The SMILES string of the molecule is Nc1nc(N2CCCC2)nc2c1[C@H](C(=O)Nc1ccc(Br)cc1)CC(=O)N2. The molecule has 27 heavy (non-hydrogen) atoms. The number of fused-ring (bicyclic) bond motifs is 1. The summed E-state index contributed by atoms with van der Waals surface area (Å²) in [6, 6.07) is 7.22. The molecule has 0 unspecified atom stereocenters. The third-order valence-electron chi connectivity index (χ3n) is 4.78. The van der Waals surface area contributed by atoms with Crippen LogP contribution in [0, 0.1) is 0 Å². The maximum atomic E-state index is 12.8. The molecule has 4 N–H and O–H groups in total. The van der Waals surface area contributed by atoms with E-state index in [1.54, 1.807) is 12.1 Å². The molecule has 1 aromatic carbocycles. The van der Waals surface area contributed by atoms with Gasteiger partial charge in [0.25, 0.3) is 0 Å². The minimum atomic E-state index is -0.731. The molecule has 0 radical (unpaired) electrons. The summed E-state index contributed by atoms with van der Waals surface area (Å²) < 4.78 is 0.912. The second kappa shape index (κ2) is 7.15. The van der Waals surface area contributed by atoms with Crippen LogP contribution in [-0.4, -0.2) is 34.9 Å². The van der Waals surface area contributed by atoms with Gasteiger partial charge in [0.15, 0.2) is 0 Å². The molecule has 3 heterocycles. The van der Waals surface area contributed by atoms with Gasteiger partial charge in [-0.25, -0.2) is 0 Å². The Morgan fingerprint density at radius 2 is 1.93 bits per heavy atom. The highest BCUT2D eigenvalue weighted by Crippen LogP contribution is 2.37. The zero-order valence-corrected chi connectivity index (χ0v) is 16.1. The minimum absolute atomic E-state index is 0.00593. The Kier molecular flexibility index (Phi) is 4.69. The fourth-order valence-corrected chi connectivity index (χ4v) is 3.69. The molecule has 0 bridgehead atoms. The molecular weight excluding hydrogens is 412 g/mol. The van der Waals surface area contributed by atoms with Crippen LogP contribution in [0.25, 0.3) is 0 Å². The molecule has 1 atom stereocenters. The standard InChI is InChI=1S/C18H19BrN6O2/c19-10-3-5-11(6-4-10)21-17(27)12-9-13(26)22-16-14(12)15(20)23-18(24-16)25-7-1-2-8-25/h3-6,12H,1-2,7-9H2,(H,21,27)(H3,20,22,23,24,26)/t12-/m1/s1. The first-order chi connectivity index (χ1) is 13.0. The molecule has 1 aromatic heterocycles. The average Bonchev–Trinajstić information content (AvgIpc) is 3.17. The number of anilines is 4. The van der Waals surface area contributed by atoms with Crippen LogP contribution < -0.4 is 21.3 Å². The molecule has 0 saturated carbocycles. The predicted octanol–water partition coefficient (Wildman–Crippen LogP) is 2.49. The number of amides is 2. The largest absolute Gasteiger partial charge is 0.383 e. The Morgan fingerprint density at radius 1 is 1.22 bits per heavy atom. The zero-order valence-electron chi connectivity index (χ0n) is 14.5. The van der Waals surface area contributed by atoms with Crippen molar-refractivity contribution < 1.29 is 9.59 Å². The van der Waals surface area contributed by atoms with Crippen LogP contribution in [0.15, 0.2) is 28.7 Å². The number of nitrogen functional groups attached to an aromatic ring is 1. The summed E-state index contributed by atoms with van der Waals surface area (Å²) in [6.07, 6.45) is 2.15. The van der Waals surface area contributed by atoms with Gasteiger partial charge in [0.05, 0.1) is 11.5 Å². The van der Waals surface area contributed by atoms with Crippen molar-refractivity contribution >= 4 is 51.0 Å². The van der Waals surface area contributed by atoms with Gasteiger partial charge >= 0.3 is 0 Å². The molecule has 140 valence electrons. The van der Waals surface area contributed by atoms with Crippen molar-refractivity contribution in [2.45, 2.75) is 25.2 Å². The summed E-state index contributed by atoms with van der Waals surface area (Å²) in [6.45, 7) is 1.72. The zero-order chi connectivity index (χ0) is 19.0. The van der Waals surface area contributed by atoms with Gasteiger partial charge in [0.1, 0.15) is 11.6 Å². The summed E-state index contributed by atoms with van der Waals surface area (Å²) in [7, 11) is 0. The van der Waals surface area contributed by atoms with Gasteiger partial charge in [0.2, 0.25) is 17.8 Å². The lowest BCUT2D eigenvalue weighted by atomic mass is 9.92. The van der Waals surface area contributed by atoms with E-state index in [1.165, 1.54) is 0 Å². The number of nitrogens with zero attached hydrogens (tertiary/aromatic N) is 3. The highest BCUT2D eigenvalue weighted by molar-refractivity contribution is 9.10. The number of carbonyl (C=O) groups excluding carboxylic acids is 2. The van der Waals surface area contributed by atoms with Gasteiger partial charge in [0, 0.05) is 29.7 Å². The van der Waals surface area contributed by atoms with Crippen LogP contribution in [0.2, 0.25) is 0 Å². The first-order valence-electron chi connectivity index (χ1n) is 8.80. The Labute approximate surface area is 164 Å². The van der Waals surface area contributed by atoms with E-state index >= 15 is 0 Å². The van der Waals surface area contributed by atoms with Crippen LogP contribution in [-0.2, 0) is 9.59 Å². The highest BCUT2D eigenvalue weighted by Gasteiger charge is 2.35. The lowest BCUT2D eigenvalue weighted by molar-refractivity contribution is -0.123. The van der Waals surface area contributed by atoms with Crippen molar-refractivity contribution in [1.82, 2.24) is 9.97 Å². The lowest BCUT2D eigenvalue weighted by Crippen LogP contribution is -2.33. The predicted molar refractivity (Wildman–Crippen MR) is 107 cm³/mol. The maximum absolute atomic E-state index is 12.8. The molecule has 2 aliphatic heterocycles. The third-order valence-corrected chi connectivity index (χ3v) is 5.30. The van der Waals surface area contributed by atoms with Crippen LogP contribution in [0.1, 0.15) is 30.7 Å². The van der Waals surface area contributed by atoms with Crippen LogP contribution in [0.3, 0.4) is 0 Å². The van der Waals surface area contributed by atoms with Gasteiger partial charge in [-0.15, -0.1) is 0 Å². The summed E-state index contributed by atoms with van der Waals surface area (Å²) in [5.74, 6) is -0.237. The smallest absolute Gasteiger partial charge is 0.232 e. The molecule has 1 saturated heterocycles. The Balaban J connectivity index is 1.64. The normalized spacial score (nSPS) is 18.8. The Hall–Kier alpha value is -2.68. The van der Waals surface area contributed by atoms with Crippen molar-refractivity contribution in [2.75, 3.05) is 34.4 Å². The van der Waals surface area contributed by atoms with E-state index in [0.717, 1.165) is 30.4 Å². The van der Waals surface area contributed by atoms with Crippen LogP contribution in [0.4, 0.5) is 23.3 Å². The highest BCUT2D eigenvalue weighted by atomic mass is 79.9. The summed E-state index contributed by atoms with van der Waals surface area (Å²) in [4.78, 5) is 35.9. The van der Waals surface area contributed by atoms with E-state index in [1.807, 2.05) is 17.0 Å². The molecule has 9 heteroatoms. The summed E-state index contributed by atoms with van der Waals surface area (Å²) in [5.41, 5.74) is 7.30. The number of hydrogen-bond donors (Lipinski definition) is 3. The second-order valence-corrected chi connectivity index (χ2v) is 7.58. The van der Waals surface area contributed by atoms with Gasteiger partial charge < -0.3 is 21.3 Å². The second-order valence-electron chi connectivity index (χ2n) is 6.67. The first kappa shape index (κ1) is 17.7. The number of nitrogens with two attached hydrogens (primary N) is 1. The van der Waals surface area contributed by atoms with Crippen LogP contribution >= 0.6 is 15.9 Å². The number of hydrogen-bond acceptors (Lipinski definition) is 6. The van der Waals surface area contributed by atoms with E-state index in [2.05, 4.69) is 36.5 Å². The van der Waals surface area contributed by atoms with Crippen molar-refractivity contribution in [3.05, 3.63) is 34.3 Å². The minimum Gasteiger partial charge on any atom is -0.383 e. The average molecular weight is 431 g/mol. The quantitative estimate of drug-likeness (QED) is 0.688. The number of aromatic nitrogens is 2. The molecule has 4 rings (SSSR count). The van der Waals surface area contributed by atoms with E-state index in [-0.39, 0.29) is 24.1 Å². The van der Waals surface area contributed by atoms with Crippen LogP contribution in [0.5, 0.6) is 0 Å². The van der Waals surface area contributed by atoms with Gasteiger partial charge in [-0.1, -0.05) is 15.9 Å². The van der Waals surface area contributed by atoms with E-state index in [9.17, 15) is 9.59 Å². The molecule has 0 aliphatic carbocycles. The number of nitrogens with one attached hydrogen (secondary N) is 2. The molecule has 2 aromatic rings. The third kappa shape index (κ3) is 3.59. The number of carbonyl (C=O) groups is 2. The van der Waals surface area contributed by atoms with Gasteiger partial charge in [-0.3, -0.25) is 9.59 Å². The molecule has 8 nitrogen and oxygen atoms in total. The molecule has 0 spiro atoms. The van der Waals surface area contributed by atoms with E-state index in [0.29, 0.717) is 23.0 Å². The fraction of sp³-hybridized carbons (Fsp3) is 0.333. The topological polar surface area (TPSA) is 113 Å².